The number of hydrogen-bond acceptors (Lipinski definition) is 5. The lowest BCUT2D eigenvalue weighted by atomic mass is 9.87. The smallest absolute Gasteiger partial charge is 0.328 e. The van der Waals surface area contributed by atoms with Crippen LogP contribution in [0.4, 0.5) is 0 Å². The Bertz CT molecular complexity index is 1910. The summed E-state index contributed by atoms with van der Waals surface area (Å²) < 4.78 is 12.7. The molecule has 1 N–H and O–H groups in total. The van der Waals surface area contributed by atoms with Crippen LogP contribution in [0.5, 0.6) is 11.5 Å². The summed E-state index contributed by atoms with van der Waals surface area (Å²) in [6.07, 6.45) is 0.430. The second kappa shape index (κ2) is 13.9. The molecule has 0 spiro atoms. The Morgan fingerprint density at radius 1 is 0.750 bits per heavy atom. The highest BCUT2D eigenvalue weighted by molar-refractivity contribution is 6.06. The van der Waals surface area contributed by atoms with Gasteiger partial charge in [-0.15, -0.1) is 0 Å². The minimum absolute atomic E-state index is 0.0246. The third-order valence-corrected chi connectivity index (χ3v) is 8.18. The number of carbonyl (C=O) groups is 3. The number of aromatic nitrogens is 1. The second-order valence-electron chi connectivity index (χ2n) is 14.4. The zero-order valence-electron chi connectivity index (χ0n) is 28.8. The number of rotatable bonds is 9. The molecular formula is C41H44N2O5. The fraction of sp³-hybridized carbons (Fsp3) is 0.293. The van der Waals surface area contributed by atoms with Crippen LogP contribution in [0.1, 0.15) is 74.4 Å². The molecule has 0 unspecified atom stereocenters. The quantitative estimate of drug-likeness (QED) is 0.162. The molecule has 1 amide bonds. The van der Waals surface area contributed by atoms with E-state index in [1.807, 2.05) is 106 Å². The van der Waals surface area contributed by atoms with Crippen molar-refractivity contribution in [2.45, 2.75) is 65.8 Å². The predicted octanol–water partition coefficient (Wildman–Crippen LogP) is 8.99. The number of amides is 1. The molecule has 0 saturated heterocycles. The summed E-state index contributed by atoms with van der Waals surface area (Å²) in [5.74, 6) is -0.0939. The SMILES string of the molecule is COC(=O)[C@H](Cc1ccc(-c2ccccc2)cc1)NC(=O)c1cc2cc(Oc3ccc(C(C)(C)C)cc3)ccc2n1C(=O)CC(C)(C)C. The van der Waals surface area contributed by atoms with Crippen molar-refractivity contribution >= 4 is 28.7 Å². The monoisotopic (exact) mass is 644 g/mol. The summed E-state index contributed by atoms with van der Waals surface area (Å²) in [7, 11) is 1.29. The van der Waals surface area contributed by atoms with Gasteiger partial charge >= 0.3 is 5.97 Å². The van der Waals surface area contributed by atoms with Crippen LogP contribution in [0, 0.1) is 5.41 Å². The Labute approximate surface area is 282 Å². The second-order valence-corrected chi connectivity index (χ2v) is 14.4. The number of methoxy groups -OCH3 is 1. The van der Waals surface area contributed by atoms with Crippen LogP contribution in [0.3, 0.4) is 0 Å². The number of nitrogens with zero attached hydrogens (tertiary/aromatic N) is 1. The fourth-order valence-corrected chi connectivity index (χ4v) is 5.65. The molecule has 0 saturated carbocycles. The Morgan fingerprint density at radius 3 is 1.98 bits per heavy atom. The summed E-state index contributed by atoms with van der Waals surface area (Å²) in [4.78, 5) is 40.6. The van der Waals surface area contributed by atoms with Crippen molar-refractivity contribution in [3.63, 3.8) is 0 Å². The van der Waals surface area contributed by atoms with E-state index in [9.17, 15) is 14.4 Å². The van der Waals surface area contributed by atoms with E-state index in [-0.39, 0.29) is 35.3 Å². The third-order valence-electron chi connectivity index (χ3n) is 8.18. The minimum atomic E-state index is -0.968. The van der Waals surface area contributed by atoms with Gasteiger partial charge in [0.05, 0.1) is 12.6 Å². The lowest BCUT2D eigenvalue weighted by molar-refractivity contribution is -0.142. The molecular weight excluding hydrogens is 600 g/mol. The molecule has 1 aromatic heterocycles. The molecule has 5 rings (SSSR count). The number of hydrogen-bond donors (Lipinski definition) is 1. The Morgan fingerprint density at radius 2 is 1.38 bits per heavy atom. The number of fused-ring (bicyclic) bond motifs is 1. The van der Waals surface area contributed by atoms with E-state index >= 15 is 0 Å². The van der Waals surface area contributed by atoms with Gasteiger partial charge in [0, 0.05) is 18.2 Å². The summed E-state index contributed by atoms with van der Waals surface area (Å²) in [6, 6.07) is 31.9. The van der Waals surface area contributed by atoms with E-state index in [1.165, 1.54) is 17.2 Å². The molecule has 0 radical (unpaired) electrons. The largest absolute Gasteiger partial charge is 0.467 e. The molecule has 5 aromatic rings. The molecule has 248 valence electrons. The maximum absolute atomic E-state index is 13.9. The molecule has 0 fully saturated rings. The van der Waals surface area contributed by atoms with E-state index in [0.29, 0.717) is 22.4 Å². The number of ether oxygens (including phenoxy) is 2. The molecule has 1 heterocycles. The van der Waals surface area contributed by atoms with Gasteiger partial charge in [-0.2, -0.15) is 0 Å². The van der Waals surface area contributed by atoms with Crippen LogP contribution < -0.4 is 10.1 Å². The number of nitrogens with one attached hydrogen (secondary N) is 1. The van der Waals surface area contributed by atoms with E-state index in [1.54, 1.807) is 18.2 Å². The summed E-state index contributed by atoms with van der Waals surface area (Å²) in [5, 5.41) is 3.52. The lowest BCUT2D eigenvalue weighted by Gasteiger charge is -2.20. The topological polar surface area (TPSA) is 86.6 Å². The van der Waals surface area contributed by atoms with Crippen molar-refractivity contribution in [3.05, 3.63) is 120 Å². The van der Waals surface area contributed by atoms with E-state index in [4.69, 9.17) is 9.47 Å². The van der Waals surface area contributed by atoms with Crippen molar-refractivity contribution in [2.75, 3.05) is 7.11 Å². The molecule has 4 aromatic carbocycles. The van der Waals surface area contributed by atoms with E-state index in [2.05, 4.69) is 26.1 Å². The summed E-state index contributed by atoms with van der Waals surface area (Å²) in [5.41, 5.74) is 4.61. The number of esters is 1. The van der Waals surface area contributed by atoms with Gasteiger partial charge in [0.15, 0.2) is 0 Å². The maximum atomic E-state index is 13.9. The van der Waals surface area contributed by atoms with Crippen molar-refractivity contribution in [3.8, 4) is 22.6 Å². The van der Waals surface area contributed by atoms with Crippen LogP contribution in [-0.4, -0.2) is 35.5 Å². The van der Waals surface area contributed by atoms with Crippen LogP contribution in [-0.2, 0) is 21.4 Å². The average molecular weight is 645 g/mol. The minimum Gasteiger partial charge on any atom is -0.467 e. The van der Waals surface area contributed by atoms with Crippen LogP contribution >= 0.6 is 0 Å². The van der Waals surface area contributed by atoms with Gasteiger partial charge in [0.2, 0.25) is 5.91 Å². The van der Waals surface area contributed by atoms with Gasteiger partial charge in [0.25, 0.3) is 5.91 Å². The van der Waals surface area contributed by atoms with Gasteiger partial charge in [-0.1, -0.05) is 108 Å². The van der Waals surface area contributed by atoms with Gasteiger partial charge in [-0.3, -0.25) is 14.2 Å². The highest BCUT2D eigenvalue weighted by Gasteiger charge is 2.28. The van der Waals surface area contributed by atoms with E-state index in [0.717, 1.165) is 16.7 Å². The highest BCUT2D eigenvalue weighted by atomic mass is 16.5. The van der Waals surface area contributed by atoms with Crippen LogP contribution in [0.2, 0.25) is 0 Å². The zero-order chi connectivity index (χ0) is 34.6. The van der Waals surface area contributed by atoms with Crippen molar-refractivity contribution < 1.29 is 23.9 Å². The molecule has 0 bridgehead atoms. The Kier molecular flexibility index (Phi) is 9.90. The standard InChI is InChI=1S/C41H44N2O5/c1-40(2,3)26-37(44)43-35-22-21-33(48-32-19-17-31(18-20-32)41(4,5)6)24-30(35)25-36(43)38(45)42-34(39(46)47-7)23-27-13-15-29(16-14-27)28-11-9-8-10-12-28/h8-22,24-25,34H,23,26H2,1-7H3,(H,42,45)/t34-/m0/s1. The first-order valence-electron chi connectivity index (χ1n) is 16.2. The average Bonchev–Trinajstić information content (AvgIpc) is 3.43. The van der Waals surface area contributed by atoms with Crippen molar-refractivity contribution in [2.24, 2.45) is 5.41 Å². The molecule has 7 nitrogen and oxygen atoms in total. The van der Waals surface area contributed by atoms with E-state index < -0.39 is 17.9 Å². The van der Waals surface area contributed by atoms with Gasteiger partial charge in [0.1, 0.15) is 23.2 Å². The van der Waals surface area contributed by atoms with Gasteiger partial charge in [-0.25, -0.2) is 4.79 Å². The first-order valence-corrected chi connectivity index (χ1v) is 16.2. The van der Waals surface area contributed by atoms with Crippen molar-refractivity contribution in [1.29, 1.82) is 0 Å². The Hall–Kier alpha value is -5.17. The molecule has 0 aliphatic rings. The summed E-state index contributed by atoms with van der Waals surface area (Å²) >= 11 is 0. The first-order chi connectivity index (χ1) is 22.7. The molecule has 7 heteroatoms. The number of benzene rings is 4. The molecule has 0 aliphatic heterocycles. The number of carbonyl (C=O) groups excluding carboxylic acids is 3. The van der Waals surface area contributed by atoms with Gasteiger partial charge < -0.3 is 14.8 Å². The normalized spacial score (nSPS) is 12.4. The molecule has 0 aliphatic carbocycles. The molecule has 48 heavy (non-hydrogen) atoms. The Balaban J connectivity index is 1.43. The third kappa shape index (κ3) is 8.21. The maximum Gasteiger partial charge on any atom is 0.328 e. The first kappa shape index (κ1) is 34.2. The zero-order valence-corrected chi connectivity index (χ0v) is 28.8. The van der Waals surface area contributed by atoms with Crippen LogP contribution in [0.25, 0.3) is 22.0 Å². The predicted molar refractivity (Wildman–Crippen MR) is 191 cm³/mol. The molecule has 1 atom stereocenters. The van der Waals surface area contributed by atoms with Crippen molar-refractivity contribution in [1.82, 2.24) is 9.88 Å². The van der Waals surface area contributed by atoms with Gasteiger partial charge in [-0.05, 0) is 69.5 Å². The lowest BCUT2D eigenvalue weighted by Crippen LogP contribution is -2.44. The summed E-state index contributed by atoms with van der Waals surface area (Å²) in [6.45, 7) is 12.4. The van der Waals surface area contributed by atoms with Crippen LogP contribution in [0.15, 0.2) is 103 Å². The fourth-order valence-electron chi connectivity index (χ4n) is 5.65. The highest BCUT2D eigenvalue weighted by Crippen LogP contribution is 2.31.